The third-order valence-corrected chi connectivity index (χ3v) is 4.65. The molecule has 1 fully saturated rings. The lowest BCUT2D eigenvalue weighted by Crippen LogP contribution is -2.41. The molecule has 2 heterocycles. The smallest absolute Gasteiger partial charge is 0.254 e. The van der Waals surface area contributed by atoms with Gasteiger partial charge in [0.15, 0.2) is 0 Å². The highest BCUT2D eigenvalue weighted by atomic mass is 16.5. The van der Waals surface area contributed by atoms with Gasteiger partial charge in [0, 0.05) is 38.9 Å². The van der Waals surface area contributed by atoms with Gasteiger partial charge in [0.05, 0.1) is 31.6 Å². The zero-order valence-corrected chi connectivity index (χ0v) is 16.4. The van der Waals surface area contributed by atoms with Crippen LogP contribution in [0.1, 0.15) is 21.6 Å². The first kappa shape index (κ1) is 20.0. The Morgan fingerprint density at radius 1 is 1.25 bits per heavy atom. The second-order valence-electron chi connectivity index (χ2n) is 6.60. The Morgan fingerprint density at radius 3 is 2.68 bits per heavy atom. The molecule has 0 aliphatic carbocycles. The van der Waals surface area contributed by atoms with Gasteiger partial charge < -0.3 is 20.1 Å². The van der Waals surface area contributed by atoms with Gasteiger partial charge in [0.1, 0.15) is 5.75 Å². The molecule has 3 rings (SSSR count). The molecule has 28 heavy (non-hydrogen) atoms. The molecule has 1 aromatic heterocycles. The third kappa shape index (κ3) is 5.64. The van der Waals surface area contributed by atoms with Gasteiger partial charge in [0.2, 0.25) is 5.95 Å². The van der Waals surface area contributed by atoms with Crippen LogP contribution in [0.15, 0.2) is 30.5 Å². The van der Waals surface area contributed by atoms with E-state index in [1.165, 1.54) is 0 Å². The van der Waals surface area contributed by atoms with Crippen molar-refractivity contribution in [3.63, 3.8) is 0 Å². The molecule has 0 bridgehead atoms. The number of rotatable bonds is 8. The number of aromatic nitrogens is 2. The number of carbonyl (C=O) groups excluding carboxylic acids is 1. The number of benzene rings is 1. The minimum absolute atomic E-state index is 0.146. The van der Waals surface area contributed by atoms with Crippen molar-refractivity contribution in [3.05, 3.63) is 47.3 Å². The maximum Gasteiger partial charge on any atom is 0.254 e. The summed E-state index contributed by atoms with van der Waals surface area (Å²) in [5, 5.41) is 6.12. The molecule has 150 valence electrons. The van der Waals surface area contributed by atoms with E-state index in [-0.39, 0.29) is 5.91 Å². The molecular formula is C20H27N5O3. The highest BCUT2D eigenvalue weighted by molar-refractivity contribution is 5.94. The second-order valence-corrected chi connectivity index (χ2v) is 6.60. The summed E-state index contributed by atoms with van der Waals surface area (Å²) in [6.45, 7) is 7.15. The Kier molecular flexibility index (Phi) is 7.16. The van der Waals surface area contributed by atoms with E-state index in [9.17, 15) is 4.79 Å². The van der Waals surface area contributed by atoms with E-state index in [2.05, 4.69) is 25.5 Å². The summed E-state index contributed by atoms with van der Waals surface area (Å²) in [6, 6.07) is 7.78. The van der Waals surface area contributed by atoms with E-state index >= 15 is 0 Å². The molecule has 8 nitrogen and oxygen atoms in total. The Morgan fingerprint density at radius 2 is 2.00 bits per heavy atom. The van der Waals surface area contributed by atoms with Crippen LogP contribution in [0.25, 0.3) is 0 Å². The van der Waals surface area contributed by atoms with E-state index in [1.54, 1.807) is 13.3 Å². The number of morpholine rings is 1. The Labute approximate surface area is 165 Å². The van der Waals surface area contributed by atoms with E-state index in [0.29, 0.717) is 30.3 Å². The predicted molar refractivity (Wildman–Crippen MR) is 107 cm³/mol. The van der Waals surface area contributed by atoms with Crippen LogP contribution in [0, 0.1) is 6.92 Å². The van der Waals surface area contributed by atoms with Crippen molar-refractivity contribution < 1.29 is 14.3 Å². The van der Waals surface area contributed by atoms with Gasteiger partial charge in [0.25, 0.3) is 5.91 Å². The van der Waals surface area contributed by atoms with Crippen molar-refractivity contribution in [3.8, 4) is 5.75 Å². The number of hydrogen-bond donors (Lipinski definition) is 2. The quantitative estimate of drug-likeness (QED) is 0.711. The number of nitrogens with one attached hydrogen (secondary N) is 2. The van der Waals surface area contributed by atoms with Gasteiger partial charge in [-0.2, -0.15) is 0 Å². The Hall–Kier alpha value is -2.71. The van der Waals surface area contributed by atoms with E-state index in [0.717, 1.165) is 44.2 Å². The van der Waals surface area contributed by atoms with E-state index < -0.39 is 0 Å². The van der Waals surface area contributed by atoms with Gasteiger partial charge in [-0.1, -0.05) is 12.1 Å². The fraction of sp³-hybridized carbons (Fsp3) is 0.450. The molecular weight excluding hydrogens is 358 g/mol. The van der Waals surface area contributed by atoms with Gasteiger partial charge >= 0.3 is 0 Å². The standard InChI is InChI=1S/C20H27N5O3/c1-15-18(19(26)21-7-8-25-9-11-28-12-10-25)14-23-20(24-15)22-13-16-3-5-17(27-2)6-4-16/h3-6,14H,7-13H2,1-2H3,(H,21,26)(H,22,23,24). The molecule has 0 radical (unpaired) electrons. The molecule has 8 heteroatoms. The van der Waals surface area contributed by atoms with Gasteiger partial charge in [-0.15, -0.1) is 0 Å². The molecule has 0 saturated carbocycles. The van der Waals surface area contributed by atoms with Crippen molar-refractivity contribution in [2.24, 2.45) is 0 Å². The monoisotopic (exact) mass is 385 g/mol. The summed E-state index contributed by atoms with van der Waals surface area (Å²) in [7, 11) is 1.64. The molecule has 1 amide bonds. The van der Waals surface area contributed by atoms with Crippen LogP contribution in [0.5, 0.6) is 5.75 Å². The lowest BCUT2D eigenvalue weighted by atomic mass is 10.2. The topological polar surface area (TPSA) is 88.6 Å². The van der Waals surface area contributed by atoms with Crippen LogP contribution in [0.4, 0.5) is 5.95 Å². The van der Waals surface area contributed by atoms with Crippen molar-refractivity contribution in [2.45, 2.75) is 13.5 Å². The van der Waals surface area contributed by atoms with E-state index in [4.69, 9.17) is 9.47 Å². The minimum atomic E-state index is -0.146. The van der Waals surface area contributed by atoms with Gasteiger partial charge in [-0.05, 0) is 24.6 Å². The molecule has 1 aliphatic rings. The van der Waals surface area contributed by atoms with Crippen LogP contribution >= 0.6 is 0 Å². The summed E-state index contributed by atoms with van der Waals surface area (Å²) in [6.07, 6.45) is 1.57. The number of amides is 1. The normalized spacial score (nSPS) is 14.5. The van der Waals surface area contributed by atoms with Gasteiger partial charge in [-0.25, -0.2) is 9.97 Å². The highest BCUT2D eigenvalue weighted by Crippen LogP contribution is 2.13. The summed E-state index contributed by atoms with van der Waals surface area (Å²) in [5.41, 5.74) is 2.24. The van der Waals surface area contributed by atoms with E-state index in [1.807, 2.05) is 31.2 Å². The number of carbonyl (C=O) groups is 1. The summed E-state index contributed by atoms with van der Waals surface area (Å²) in [5.74, 6) is 1.17. The number of ether oxygens (including phenoxy) is 2. The first-order valence-electron chi connectivity index (χ1n) is 9.44. The average Bonchev–Trinajstić information content (AvgIpc) is 2.73. The number of hydrogen-bond acceptors (Lipinski definition) is 7. The summed E-state index contributed by atoms with van der Waals surface area (Å²) >= 11 is 0. The highest BCUT2D eigenvalue weighted by Gasteiger charge is 2.13. The Bertz CT molecular complexity index is 776. The number of anilines is 1. The van der Waals surface area contributed by atoms with Crippen LogP contribution < -0.4 is 15.4 Å². The lowest BCUT2D eigenvalue weighted by Gasteiger charge is -2.26. The van der Waals surface area contributed by atoms with Crippen molar-refractivity contribution in [2.75, 3.05) is 51.8 Å². The second kappa shape index (κ2) is 10.0. The molecule has 0 spiro atoms. The van der Waals surface area contributed by atoms with Crippen LogP contribution in [-0.4, -0.2) is 67.3 Å². The maximum absolute atomic E-state index is 12.4. The van der Waals surface area contributed by atoms with Crippen LogP contribution in [0.2, 0.25) is 0 Å². The van der Waals surface area contributed by atoms with Crippen molar-refractivity contribution in [1.82, 2.24) is 20.2 Å². The molecule has 0 unspecified atom stereocenters. The largest absolute Gasteiger partial charge is 0.497 e. The number of methoxy groups -OCH3 is 1. The predicted octanol–water partition coefficient (Wildman–Crippen LogP) is 1.47. The molecule has 1 saturated heterocycles. The fourth-order valence-corrected chi connectivity index (χ4v) is 2.95. The number of aryl methyl sites for hydroxylation is 1. The first-order chi connectivity index (χ1) is 13.7. The van der Waals surface area contributed by atoms with Crippen LogP contribution in [-0.2, 0) is 11.3 Å². The third-order valence-electron chi connectivity index (χ3n) is 4.65. The zero-order chi connectivity index (χ0) is 19.8. The van der Waals surface area contributed by atoms with Crippen LogP contribution in [0.3, 0.4) is 0 Å². The van der Waals surface area contributed by atoms with Crippen molar-refractivity contribution in [1.29, 1.82) is 0 Å². The average molecular weight is 385 g/mol. The summed E-state index contributed by atoms with van der Waals surface area (Å²) in [4.78, 5) is 23.3. The number of nitrogens with zero attached hydrogens (tertiary/aromatic N) is 3. The Balaban J connectivity index is 1.48. The van der Waals surface area contributed by atoms with Crippen molar-refractivity contribution >= 4 is 11.9 Å². The fourth-order valence-electron chi connectivity index (χ4n) is 2.95. The lowest BCUT2D eigenvalue weighted by molar-refractivity contribution is 0.0383. The van der Waals surface area contributed by atoms with Gasteiger partial charge in [-0.3, -0.25) is 9.69 Å². The SMILES string of the molecule is COc1ccc(CNc2ncc(C(=O)NCCN3CCOCC3)c(C)n2)cc1. The molecule has 2 N–H and O–H groups in total. The zero-order valence-electron chi connectivity index (χ0n) is 16.4. The summed E-state index contributed by atoms with van der Waals surface area (Å²) < 4.78 is 10.5. The maximum atomic E-state index is 12.4. The molecule has 1 aliphatic heterocycles. The molecule has 0 atom stereocenters. The first-order valence-corrected chi connectivity index (χ1v) is 9.44. The molecule has 1 aromatic carbocycles. The molecule has 2 aromatic rings. The minimum Gasteiger partial charge on any atom is -0.497 e.